The molecule has 17 heavy (non-hydrogen) atoms. The third-order valence-electron chi connectivity index (χ3n) is 3.36. The van der Waals surface area contributed by atoms with E-state index in [4.69, 9.17) is 9.84 Å². The van der Waals surface area contributed by atoms with Crippen LogP contribution in [0.15, 0.2) is 0 Å². The maximum absolute atomic E-state index is 11.9. The zero-order valence-electron chi connectivity index (χ0n) is 10.1. The quantitative estimate of drug-likeness (QED) is 0.618. The minimum Gasteiger partial charge on any atom is -0.394 e. The first kappa shape index (κ1) is 12.5. The van der Waals surface area contributed by atoms with Crippen LogP contribution in [0.5, 0.6) is 0 Å². The van der Waals surface area contributed by atoms with Crippen molar-refractivity contribution in [3.05, 3.63) is 0 Å². The minimum atomic E-state index is -0.382. The normalized spacial score (nSPS) is 35.7. The molecule has 2 aliphatic heterocycles. The largest absolute Gasteiger partial charge is 0.394 e. The van der Waals surface area contributed by atoms with Gasteiger partial charge in [0, 0.05) is 20.1 Å². The van der Waals surface area contributed by atoms with Gasteiger partial charge in [0.05, 0.1) is 31.3 Å². The van der Waals surface area contributed by atoms with Crippen LogP contribution in [0.3, 0.4) is 0 Å². The summed E-state index contributed by atoms with van der Waals surface area (Å²) in [7, 11) is 1.51. The molecule has 2 aliphatic rings. The summed E-state index contributed by atoms with van der Waals surface area (Å²) in [6.07, 6.45) is -0.0671. The number of aliphatic hydroxyl groups is 1. The highest BCUT2D eigenvalue weighted by Crippen LogP contribution is 2.21. The van der Waals surface area contributed by atoms with Crippen LogP contribution in [0.2, 0.25) is 0 Å². The molecule has 0 aromatic heterocycles. The van der Waals surface area contributed by atoms with Crippen LogP contribution in [0.25, 0.3) is 0 Å². The SMILES string of the molecule is CC1CN(C2CC(=O)N(C)C2=O)CC(CO)O1. The number of rotatable bonds is 2. The highest BCUT2D eigenvalue weighted by molar-refractivity contribution is 6.05. The molecule has 2 saturated heterocycles. The lowest BCUT2D eigenvalue weighted by Gasteiger charge is -2.38. The molecule has 0 aromatic carbocycles. The predicted molar refractivity (Wildman–Crippen MR) is 59.2 cm³/mol. The van der Waals surface area contributed by atoms with E-state index in [9.17, 15) is 9.59 Å². The average molecular weight is 242 g/mol. The van der Waals surface area contributed by atoms with Crippen molar-refractivity contribution < 1.29 is 19.4 Å². The summed E-state index contributed by atoms with van der Waals surface area (Å²) in [6, 6.07) is -0.382. The van der Waals surface area contributed by atoms with Crippen molar-refractivity contribution in [2.45, 2.75) is 31.6 Å². The number of nitrogens with zero attached hydrogens (tertiary/aromatic N) is 2. The molecular weight excluding hydrogens is 224 g/mol. The van der Waals surface area contributed by atoms with Crippen LogP contribution < -0.4 is 0 Å². The molecule has 2 amide bonds. The molecule has 0 aliphatic carbocycles. The van der Waals surface area contributed by atoms with Gasteiger partial charge >= 0.3 is 0 Å². The van der Waals surface area contributed by atoms with Crippen molar-refractivity contribution in [1.82, 2.24) is 9.80 Å². The average Bonchev–Trinajstić information content (AvgIpc) is 2.56. The maximum atomic E-state index is 11.9. The Bertz CT molecular complexity index is 333. The monoisotopic (exact) mass is 242 g/mol. The van der Waals surface area contributed by atoms with E-state index in [0.717, 1.165) is 0 Å². The number of amides is 2. The van der Waals surface area contributed by atoms with Gasteiger partial charge in [0.25, 0.3) is 0 Å². The number of imide groups is 1. The molecule has 96 valence electrons. The van der Waals surface area contributed by atoms with E-state index in [-0.39, 0.29) is 43.1 Å². The number of aliphatic hydroxyl groups excluding tert-OH is 1. The molecule has 0 spiro atoms. The smallest absolute Gasteiger partial charge is 0.246 e. The number of carbonyl (C=O) groups is 2. The topological polar surface area (TPSA) is 70.1 Å². The van der Waals surface area contributed by atoms with Crippen LogP contribution >= 0.6 is 0 Å². The summed E-state index contributed by atoms with van der Waals surface area (Å²) in [4.78, 5) is 26.5. The lowest BCUT2D eigenvalue weighted by atomic mass is 10.1. The molecule has 6 nitrogen and oxygen atoms in total. The number of likely N-dealkylation sites (N-methyl/N-ethyl adjacent to an activating group) is 1. The third kappa shape index (κ3) is 2.34. The molecule has 0 saturated carbocycles. The second-order valence-corrected chi connectivity index (χ2v) is 4.72. The Morgan fingerprint density at radius 2 is 2.12 bits per heavy atom. The van der Waals surface area contributed by atoms with Crippen molar-refractivity contribution in [2.24, 2.45) is 0 Å². The number of likely N-dealkylation sites (tertiary alicyclic amines) is 1. The van der Waals surface area contributed by atoms with Gasteiger partial charge in [0.1, 0.15) is 0 Å². The lowest BCUT2D eigenvalue weighted by molar-refractivity contribution is -0.141. The van der Waals surface area contributed by atoms with Gasteiger partial charge in [-0.1, -0.05) is 0 Å². The number of carbonyl (C=O) groups excluding carboxylic acids is 2. The van der Waals surface area contributed by atoms with Gasteiger partial charge in [-0.05, 0) is 6.92 Å². The second kappa shape index (κ2) is 4.72. The first-order valence-electron chi connectivity index (χ1n) is 5.83. The Morgan fingerprint density at radius 3 is 2.65 bits per heavy atom. The summed E-state index contributed by atoms with van der Waals surface area (Å²) in [5, 5.41) is 9.13. The van der Waals surface area contributed by atoms with E-state index in [1.165, 1.54) is 11.9 Å². The fraction of sp³-hybridized carbons (Fsp3) is 0.818. The van der Waals surface area contributed by atoms with E-state index < -0.39 is 0 Å². The minimum absolute atomic E-state index is 0.0327. The summed E-state index contributed by atoms with van der Waals surface area (Å²) in [5.74, 6) is -0.291. The molecule has 3 atom stereocenters. The second-order valence-electron chi connectivity index (χ2n) is 4.72. The van der Waals surface area contributed by atoms with Gasteiger partial charge in [-0.3, -0.25) is 19.4 Å². The van der Waals surface area contributed by atoms with Crippen molar-refractivity contribution in [1.29, 1.82) is 0 Å². The predicted octanol–water partition coefficient (Wildman–Crippen LogP) is -1.17. The standard InChI is InChI=1S/C11H18N2O4/c1-7-4-13(5-8(6-14)17-7)9-3-10(15)12(2)11(9)16/h7-9,14H,3-6H2,1-2H3. The fourth-order valence-electron chi connectivity index (χ4n) is 2.46. The molecule has 2 fully saturated rings. The van der Waals surface area contributed by atoms with Gasteiger partial charge in [-0.25, -0.2) is 0 Å². The van der Waals surface area contributed by atoms with Crippen LogP contribution in [0, 0.1) is 0 Å². The molecule has 0 bridgehead atoms. The Morgan fingerprint density at radius 1 is 1.41 bits per heavy atom. The number of morpholine rings is 1. The van der Waals surface area contributed by atoms with Gasteiger partial charge in [-0.15, -0.1) is 0 Å². The van der Waals surface area contributed by atoms with Crippen LogP contribution in [0.4, 0.5) is 0 Å². The van der Waals surface area contributed by atoms with E-state index in [1.54, 1.807) is 0 Å². The van der Waals surface area contributed by atoms with Crippen molar-refractivity contribution in [3.8, 4) is 0 Å². The van der Waals surface area contributed by atoms with Crippen molar-refractivity contribution in [2.75, 3.05) is 26.7 Å². The first-order valence-corrected chi connectivity index (χ1v) is 5.83. The third-order valence-corrected chi connectivity index (χ3v) is 3.36. The van der Waals surface area contributed by atoms with Gasteiger partial charge in [-0.2, -0.15) is 0 Å². The first-order chi connectivity index (χ1) is 8.02. The molecule has 0 aromatic rings. The Hall–Kier alpha value is -0.980. The molecule has 2 heterocycles. The molecule has 2 rings (SSSR count). The Labute approximate surface area is 100 Å². The summed E-state index contributed by atoms with van der Waals surface area (Å²) in [6.45, 7) is 2.96. The molecule has 0 radical (unpaired) electrons. The summed E-state index contributed by atoms with van der Waals surface area (Å²) >= 11 is 0. The molecular formula is C11H18N2O4. The highest BCUT2D eigenvalue weighted by atomic mass is 16.5. The van der Waals surface area contributed by atoms with Crippen LogP contribution in [-0.2, 0) is 14.3 Å². The van der Waals surface area contributed by atoms with E-state index in [1.807, 2.05) is 11.8 Å². The van der Waals surface area contributed by atoms with Crippen molar-refractivity contribution in [3.63, 3.8) is 0 Å². The number of hydrogen-bond donors (Lipinski definition) is 1. The lowest BCUT2D eigenvalue weighted by Crippen LogP contribution is -2.53. The Balaban J connectivity index is 2.07. The van der Waals surface area contributed by atoms with E-state index in [0.29, 0.717) is 13.1 Å². The molecule has 6 heteroatoms. The van der Waals surface area contributed by atoms with E-state index >= 15 is 0 Å². The van der Waals surface area contributed by atoms with Gasteiger partial charge in [0.2, 0.25) is 11.8 Å². The van der Waals surface area contributed by atoms with Crippen LogP contribution in [-0.4, -0.2) is 71.7 Å². The zero-order valence-corrected chi connectivity index (χ0v) is 10.1. The van der Waals surface area contributed by atoms with Crippen LogP contribution in [0.1, 0.15) is 13.3 Å². The Kier molecular flexibility index (Phi) is 3.46. The summed E-state index contributed by atoms with van der Waals surface area (Å²) < 4.78 is 5.51. The molecule has 1 N–H and O–H groups in total. The zero-order chi connectivity index (χ0) is 12.6. The highest BCUT2D eigenvalue weighted by Gasteiger charge is 2.42. The number of ether oxygens (including phenoxy) is 1. The van der Waals surface area contributed by atoms with Gasteiger partial charge in [0.15, 0.2) is 0 Å². The molecule has 3 unspecified atom stereocenters. The maximum Gasteiger partial charge on any atom is 0.246 e. The number of hydrogen-bond acceptors (Lipinski definition) is 5. The van der Waals surface area contributed by atoms with Crippen molar-refractivity contribution >= 4 is 11.8 Å². The van der Waals surface area contributed by atoms with Gasteiger partial charge < -0.3 is 9.84 Å². The van der Waals surface area contributed by atoms with E-state index in [2.05, 4.69) is 0 Å². The fourth-order valence-corrected chi connectivity index (χ4v) is 2.46. The summed E-state index contributed by atoms with van der Waals surface area (Å²) in [5.41, 5.74) is 0.